The smallest absolute Gasteiger partial charge is 0.338 e. The lowest BCUT2D eigenvalue weighted by Crippen LogP contribution is -2.50. The second-order valence-electron chi connectivity index (χ2n) is 7.26. The van der Waals surface area contributed by atoms with E-state index in [1.54, 1.807) is 30.3 Å². The molecule has 8 heteroatoms. The third-order valence-corrected chi connectivity index (χ3v) is 6.44. The number of esters is 1. The number of piperazine rings is 1. The molecule has 2 aromatic carbocycles. The van der Waals surface area contributed by atoms with Crippen molar-refractivity contribution < 1.29 is 17.9 Å². The molecular formula is C21H23N3O4S. The molecule has 1 atom stereocenters. The molecule has 4 rings (SSSR count). The Labute approximate surface area is 170 Å². The van der Waals surface area contributed by atoms with Crippen LogP contribution in [0.5, 0.6) is 0 Å². The van der Waals surface area contributed by atoms with Gasteiger partial charge >= 0.3 is 5.97 Å². The first kappa shape index (κ1) is 19.6. The van der Waals surface area contributed by atoms with Gasteiger partial charge in [0.25, 0.3) is 10.0 Å². The number of nitrogens with zero attached hydrogens (tertiary/aromatic N) is 3. The Bertz CT molecular complexity index is 1030. The lowest BCUT2D eigenvalue weighted by Gasteiger charge is -2.36. The van der Waals surface area contributed by atoms with Crippen LogP contribution in [0.25, 0.3) is 0 Å². The predicted octanol–water partition coefficient (Wildman–Crippen LogP) is 2.00. The number of carbonyl (C=O) groups is 1. The molecule has 0 aromatic heterocycles. The van der Waals surface area contributed by atoms with Crippen LogP contribution in [0.15, 0.2) is 63.9 Å². The van der Waals surface area contributed by atoms with Crippen LogP contribution in [0, 0.1) is 0 Å². The van der Waals surface area contributed by atoms with Crippen molar-refractivity contribution in [1.82, 2.24) is 9.80 Å². The van der Waals surface area contributed by atoms with Gasteiger partial charge < -0.3 is 9.64 Å². The number of hydrogen-bond donors (Lipinski definition) is 0. The molecule has 0 radical (unpaired) electrons. The lowest BCUT2D eigenvalue weighted by atomic mass is 10.1. The molecule has 2 heterocycles. The van der Waals surface area contributed by atoms with Gasteiger partial charge in [0.1, 0.15) is 11.0 Å². The van der Waals surface area contributed by atoms with E-state index in [-0.39, 0.29) is 17.0 Å². The van der Waals surface area contributed by atoms with Crippen LogP contribution in [-0.4, -0.2) is 68.9 Å². The van der Waals surface area contributed by atoms with Crippen molar-refractivity contribution in [2.45, 2.75) is 17.9 Å². The number of amidine groups is 1. The summed E-state index contributed by atoms with van der Waals surface area (Å²) in [5.74, 6) is 0.211. The fourth-order valence-corrected chi connectivity index (χ4v) is 4.91. The quantitative estimate of drug-likeness (QED) is 0.714. The molecule has 0 unspecified atom stereocenters. The summed E-state index contributed by atoms with van der Waals surface area (Å²) in [6, 6.07) is 15.9. The molecule has 2 aliphatic heterocycles. The zero-order valence-corrected chi connectivity index (χ0v) is 17.0. The van der Waals surface area contributed by atoms with E-state index in [2.05, 4.69) is 9.30 Å². The molecule has 152 valence electrons. The molecule has 7 nitrogen and oxygen atoms in total. The van der Waals surface area contributed by atoms with E-state index in [0.717, 1.165) is 13.1 Å². The van der Waals surface area contributed by atoms with Crippen LogP contribution in [0.4, 0.5) is 0 Å². The van der Waals surface area contributed by atoms with Crippen molar-refractivity contribution in [1.29, 1.82) is 0 Å². The Kier molecular flexibility index (Phi) is 5.38. The Hall–Kier alpha value is -2.71. The first-order chi connectivity index (χ1) is 13.9. The Morgan fingerprint density at radius 2 is 1.69 bits per heavy atom. The molecule has 0 bridgehead atoms. The monoisotopic (exact) mass is 413 g/mol. The van der Waals surface area contributed by atoms with Crippen LogP contribution in [0.2, 0.25) is 0 Å². The molecule has 0 spiro atoms. The Morgan fingerprint density at radius 1 is 1.03 bits per heavy atom. The molecular weight excluding hydrogens is 390 g/mol. The number of fused-ring (bicyclic) bond motifs is 1. The van der Waals surface area contributed by atoms with Gasteiger partial charge in [0.15, 0.2) is 5.84 Å². The van der Waals surface area contributed by atoms with Gasteiger partial charge in [-0.15, -0.1) is 4.40 Å². The van der Waals surface area contributed by atoms with E-state index < -0.39 is 10.0 Å². The third kappa shape index (κ3) is 4.18. The number of ether oxygens (including phenoxy) is 1. The maximum atomic E-state index is 12.3. The summed E-state index contributed by atoms with van der Waals surface area (Å²) in [4.78, 5) is 16.7. The van der Waals surface area contributed by atoms with Gasteiger partial charge in [0, 0.05) is 38.3 Å². The maximum absolute atomic E-state index is 12.3. The van der Waals surface area contributed by atoms with Crippen LogP contribution in [0.3, 0.4) is 0 Å². The average molecular weight is 413 g/mol. The van der Waals surface area contributed by atoms with Crippen molar-refractivity contribution in [3.8, 4) is 0 Å². The number of hydrogen-bond acceptors (Lipinski definition) is 6. The summed E-state index contributed by atoms with van der Waals surface area (Å²) in [6.07, 6.45) is -0.237. The first-order valence-electron chi connectivity index (χ1n) is 9.62. The summed E-state index contributed by atoms with van der Waals surface area (Å²) in [6.45, 7) is 5.35. The molecule has 29 heavy (non-hydrogen) atoms. The molecule has 2 aliphatic rings. The van der Waals surface area contributed by atoms with Crippen molar-refractivity contribution in [3.05, 3.63) is 65.7 Å². The SMILES string of the molecule is C[C@@H](CN1CCN(C2=NS(=O)(=O)c3ccccc32)CC1)OC(=O)c1ccccc1. The first-order valence-corrected chi connectivity index (χ1v) is 11.1. The number of rotatable bonds is 4. The van der Waals surface area contributed by atoms with Crippen LogP contribution < -0.4 is 0 Å². The summed E-state index contributed by atoms with van der Waals surface area (Å²) in [5.41, 5.74) is 1.22. The van der Waals surface area contributed by atoms with E-state index in [1.807, 2.05) is 36.1 Å². The number of carbonyl (C=O) groups excluding carboxylic acids is 1. The Morgan fingerprint density at radius 3 is 2.41 bits per heavy atom. The summed E-state index contributed by atoms with van der Waals surface area (Å²) in [7, 11) is -3.60. The molecule has 0 aliphatic carbocycles. The predicted molar refractivity (Wildman–Crippen MR) is 109 cm³/mol. The second kappa shape index (κ2) is 7.96. The van der Waals surface area contributed by atoms with E-state index >= 15 is 0 Å². The number of sulfonamides is 1. The highest BCUT2D eigenvalue weighted by Crippen LogP contribution is 2.27. The highest BCUT2D eigenvalue weighted by Gasteiger charge is 2.33. The summed E-state index contributed by atoms with van der Waals surface area (Å²) >= 11 is 0. The van der Waals surface area contributed by atoms with Gasteiger partial charge in [-0.25, -0.2) is 4.79 Å². The van der Waals surface area contributed by atoms with Crippen LogP contribution in [0.1, 0.15) is 22.8 Å². The zero-order chi connectivity index (χ0) is 20.4. The van der Waals surface area contributed by atoms with Gasteiger partial charge in [-0.05, 0) is 31.2 Å². The van der Waals surface area contributed by atoms with Crippen LogP contribution >= 0.6 is 0 Å². The van der Waals surface area contributed by atoms with E-state index in [4.69, 9.17) is 4.74 Å². The van der Waals surface area contributed by atoms with Crippen molar-refractivity contribution in [2.75, 3.05) is 32.7 Å². The van der Waals surface area contributed by atoms with Crippen molar-refractivity contribution in [3.63, 3.8) is 0 Å². The van der Waals surface area contributed by atoms with E-state index in [1.165, 1.54) is 0 Å². The lowest BCUT2D eigenvalue weighted by molar-refractivity contribution is 0.0221. The molecule has 1 fully saturated rings. The minimum absolute atomic E-state index is 0.237. The standard InChI is InChI=1S/C21H23N3O4S/c1-16(28-21(25)17-7-3-2-4-8-17)15-23-11-13-24(14-12-23)20-18-9-5-6-10-19(18)29(26,27)22-20/h2-10,16H,11-15H2,1H3/t16-/m0/s1. The Balaban J connectivity index is 1.33. The fraction of sp³-hybridized carbons (Fsp3) is 0.333. The van der Waals surface area contributed by atoms with Gasteiger partial charge in [0.05, 0.1) is 5.56 Å². The van der Waals surface area contributed by atoms with Gasteiger partial charge in [-0.3, -0.25) is 4.90 Å². The molecule has 0 amide bonds. The normalized spacial score (nSPS) is 19.3. The highest BCUT2D eigenvalue weighted by atomic mass is 32.2. The third-order valence-electron chi connectivity index (χ3n) is 5.12. The maximum Gasteiger partial charge on any atom is 0.338 e. The van der Waals surface area contributed by atoms with E-state index in [0.29, 0.717) is 36.6 Å². The summed E-state index contributed by atoms with van der Waals surface area (Å²) < 4.78 is 34.1. The molecule has 2 aromatic rings. The van der Waals surface area contributed by atoms with Gasteiger partial charge in [-0.2, -0.15) is 8.42 Å². The second-order valence-corrected chi connectivity index (χ2v) is 8.83. The molecule has 1 saturated heterocycles. The van der Waals surface area contributed by atoms with Crippen molar-refractivity contribution in [2.24, 2.45) is 4.40 Å². The van der Waals surface area contributed by atoms with E-state index in [9.17, 15) is 13.2 Å². The minimum atomic E-state index is -3.60. The number of benzene rings is 2. The average Bonchev–Trinajstić information content (AvgIpc) is 3.00. The highest BCUT2D eigenvalue weighted by molar-refractivity contribution is 7.90. The summed E-state index contributed by atoms with van der Waals surface area (Å²) in [5, 5.41) is 0. The largest absolute Gasteiger partial charge is 0.458 e. The molecule has 0 saturated carbocycles. The topological polar surface area (TPSA) is 79.3 Å². The molecule has 0 N–H and O–H groups in total. The fourth-order valence-electron chi connectivity index (χ4n) is 3.68. The van der Waals surface area contributed by atoms with Crippen molar-refractivity contribution >= 4 is 21.8 Å². The minimum Gasteiger partial charge on any atom is -0.458 e. The van der Waals surface area contributed by atoms with Gasteiger partial charge in [-0.1, -0.05) is 30.3 Å². The zero-order valence-electron chi connectivity index (χ0n) is 16.2. The van der Waals surface area contributed by atoms with Gasteiger partial charge in [0.2, 0.25) is 0 Å². The van der Waals surface area contributed by atoms with Crippen LogP contribution in [-0.2, 0) is 14.8 Å².